The average molecular weight is 529 g/mol. The van der Waals surface area contributed by atoms with Crippen LogP contribution in [0.2, 0.25) is 10.0 Å². The Kier molecular flexibility index (Phi) is 5.95. The highest BCUT2D eigenvalue weighted by molar-refractivity contribution is 7.91. The molecular formula is C26H19Cl2FN2O3S. The van der Waals surface area contributed by atoms with Gasteiger partial charge in [-0.1, -0.05) is 53.5 Å². The zero-order valence-electron chi connectivity index (χ0n) is 18.4. The van der Waals surface area contributed by atoms with Crippen LogP contribution in [0.25, 0.3) is 0 Å². The number of pyridine rings is 1. The van der Waals surface area contributed by atoms with E-state index in [1.54, 1.807) is 43.3 Å². The van der Waals surface area contributed by atoms with Gasteiger partial charge in [0, 0.05) is 16.1 Å². The lowest BCUT2D eigenvalue weighted by Crippen LogP contribution is -2.24. The molecule has 0 radical (unpaired) electrons. The van der Waals surface area contributed by atoms with Crippen molar-refractivity contribution in [2.24, 2.45) is 0 Å². The summed E-state index contributed by atoms with van der Waals surface area (Å²) in [7, 11) is -4.30. The zero-order valence-corrected chi connectivity index (χ0v) is 20.7. The van der Waals surface area contributed by atoms with Gasteiger partial charge in [-0.3, -0.25) is 9.36 Å². The van der Waals surface area contributed by atoms with Crippen molar-refractivity contribution >= 4 is 38.9 Å². The first kappa shape index (κ1) is 23.6. The predicted octanol–water partition coefficient (Wildman–Crippen LogP) is 6.19. The molecule has 1 aromatic heterocycles. The van der Waals surface area contributed by atoms with Gasteiger partial charge in [-0.15, -0.1) is 0 Å². The highest BCUT2D eigenvalue weighted by atomic mass is 35.5. The Morgan fingerprint density at radius 1 is 0.829 bits per heavy atom. The molecule has 5 nitrogen and oxygen atoms in total. The van der Waals surface area contributed by atoms with Gasteiger partial charge in [0.2, 0.25) is 9.84 Å². The normalized spacial score (nSPS) is 17.1. The summed E-state index contributed by atoms with van der Waals surface area (Å²) in [5.74, 6) is -0.764. The first-order valence-electron chi connectivity index (χ1n) is 10.7. The smallest absolute Gasteiger partial charge is 0.252 e. The molecule has 0 saturated heterocycles. The van der Waals surface area contributed by atoms with E-state index in [9.17, 15) is 17.6 Å². The summed E-state index contributed by atoms with van der Waals surface area (Å²) in [4.78, 5) is 12.5. The number of aryl methyl sites for hydroxylation is 1. The second-order valence-electron chi connectivity index (χ2n) is 8.36. The van der Waals surface area contributed by atoms with Gasteiger partial charge in [-0.25, -0.2) is 12.8 Å². The first-order valence-corrected chi connectivity index (χ1v) is 12.9. The average Bonchev–Trinajstić information content (AvgIpc) is 3.23. The molecule has 0 saturated carbocycles. The fourth-order valence-corrected chi connectivity index (χ4v) is 6.23. The van der Waals surface area contributed by atoms with Crippen LogP contribution in [0, 0.1) is 12.7 Å². The summed E-state index contributed by atoms with van der Waals surface area (Å²) in [6, 6.07) is 19.3. The van der Waals surface area contributed by atoms with Crippen LogP contribution in [-0.4, -0.2) is 13.0 Å². The molecule has 0 spiro atoms. The van der Waals surface area contributed by atoms with Crippen LogP contribution < -0.4 is 10.9 Å². The van der Waals surface area contributed by atoms with Gasteiger partial charge in [-0.2, -0.15) is 0 Å². The van der Waals surface area contributed by atoms with Gasteiger partial charge in [-0.05, 0) is 66.1 Å². The Hall–Kier alpha value is -3.13. The maximum absolute atomic E-state index is 14.6. The van der Waals surface area contributed by atoms with Crippen LogP contribution in [0.15, 0.2) is 93.4 Å². The van der Waals surface area contributed by atoms with E-state index in [2.05, 4.69) is 5.32 Å². The van der Waals surface area contributed by atoms with Crippen LogP contribution in [0.5, 0.6) is 0 Å². The number of hydrogen-bond acceptors (Lipinski definition) is 4. The summed E-state index contributed by atoms with van der Waals surface area (Å²) in [5, 5.41) is 4.31. The molecule has 9 heteroatoms. The van der Waals surface area contributed by atoms with Crippen molar-refractivity contribution in [2.45, 2.75) is 28.8 Å². The molecule has 0 unspecified atom stereocenters. The van der Waals surface area contributed by atoms with Gasteiger partial charge in [0.15, 0.2) is 0 Å². The quantitative estimate of drug-likeness (QED) is 0.342. The fraction of sp³-hybridized carbons (Fsp3) is 0.115. The third-order valence-electron chi connectivity index (χ3n) is 6.08. The predicted molar refractivity (Wildman–Crippen MR) is 135 cm³/mol. The van der Waals surface area contributed by atoms with Crippen LogP contribution in [0.4, 0.5) is 10.2 Å². The van der Waals surface area contributed by atoms with Crippen molar-refractivity contribution in [3.05, 3.63) is 122 Å². The van der Waals surface area contributed by atoms with Crippen LogP contribution in [-0.2, 0) is 9.84 Å². The molecule has 1 aliphatic heterocycles. The highest BCUT2D eigenvalue weighted by Gasteiger charge is 2.39. The SMILES string of the molecule is Cc1ccc(F)c(S(=O)(=O)c2ccc(=O)n3c2N[C@H](c2ccc(Cl)cc2)[C@@H]3c2ccc(Cl)cc2)c1. The van der Waals surface area contributed by atoms with Gasteiger partial charge in [0.25, 0.3) is 5.56 Å². The van der Waals surface area contributed by atoms with E-state index < -0.39 is 38.2 Å². The van der Waals surface area contributed by atoms with E-state index in [0.29, 0.717) is 15.6 Å². The number of benzene rings is 3. The zero-order chi connectivity index (χ0) is 24.9. The number of halogens is 3. The molecule has 1 N–H and O–H groups in total. The molecule has 1 aliphatic rings. The largest absolute Gasteiger partial charge is 0.361 e. The second kappa shape index (κ2) is 8.82. The molecule has 0 aliphatic carbocycles. The van der Waals surface area contributed by atoms with E-state index >= 15 is 0 Å². The minimum absolute atomic E-state index is 0.0957. The number of hydrogen-bond donors (Lipinski definition) is 1. The number of nitrogens with one attached hydrogen (secondary N) is 1. The number of nitrogens with zero attached hydrogens (tertiary/aromatic N) is 1. The van der Waals surface area contributed by atoms with E-state index in [0.717, 1.165) is 17.2 Å². The third-order valence-corrected chi connectivity index (χ3v) is 8.39. The number of fused-ring (bicyclic) bond motifs is 1. The van der Waals surface area contributed by atoms with E-state index in [1.807, 2.05) is 12.1 Å². The van der Waals surface area contributed by atoms with Crippen LogP contribution >= 0.6 is 23.2 Å². The number of aromatic nitrogens is 1. The van der Waals surface area contributed by atoms with Crippen molar-refractivity contribution < 1.29 is 12.8 Å². The standard InChI is InChI=1S/C26H19Cl2FN2O3S/c1-15-2-11-20(29)22(14-15)35(33,34)21-12-13-23(32)31-25(17-5-9-19(28)10-6-17)24(30-26(21)31)16-3-7-18(27)8-4-16/h2-14,24-25,30H,1H3/t24-,25+/m1/s1. The molecule has 0 fully saturated rings. The van der Waals surface area contributed by atoms with Gasteiger partial charge in [0.05, 0.1) is 12.1 Å². The van der Waals surface area contributed by atoms with Gasteiger partial charge in [0.1, 0.15) is 21.4 Å². The molecule has 4 aromatic rings. The molecular weight excluding hydrogens is 510 g/mol. The molecule has 2 atom stereocenters. The van der Waals surface area contributed by atoms with Crippen molar-refractivity contribution in [3.8, 4) is 0 Å². The van der Waals surface area contributed by atoms with Crippen molar-refractivity contribution in [2.75, 3.05) is 5.32 Å². The molecule has 178 valence electrons. The fourth-order valence-electron chi connectivity index (χ4n) is 4.42. The van der Waals surface area contributed by atoms with E-state index in [4.69, 9.17) is 23.2 Å². The van der Waals surface area contributed by atoms with Gasteiger partial charge < -0.3 is 5.32 Å². The molecule has 5 rings (SSSR count). The molecule has 0 bridgehead atoms. The Morgan fingerprint density at radius 3 is 2.06 bits per heavy atom. The van der Waals surface area contributed by atoms with Crippen molar-refractivity contribution in [1.82, 2.24) is 4.57 Å². The Morgan fingerprint density at radius 2 is 1.43 bits per heavy atom. The third kappa shape index (κ3) is 4.14. The minimum Gasteiger partial charge on any atom is -0.361 e. The topological polar surface area (TPSA) is 68.2 Å². The summed E-state index contributed by atoms with van der Waals surface area (Å²) >= 11 is 12.2. The van der Waals surface area contributed by atoms with Crippen molar-refractivity contribution in [1.29, 1.82) is 0 Å². The molecule has 2 heterocycles. The van der Waals surface area contributed by atoms with E-state index in [1.165, 1.54) is 28.8 Å². The van der Waals surface area contributed by atoms with Crippen LogP contribution in [0.3, 0.4) is 0 Å². The lowest BCUT2D eigenvalue weighted by atomic mass is 9.94. The second-order valence-corrected chi connectivity index (χ2v) is 11.1. The summed E-state index contributed by atoms with van der Waals surface area (Å²) in [6.07, 6.45) is 0. The van der Waals surface area contributed by atoms with Crippen molar-refractivity contribution in [3.63, 3.8) is 0 Å². The lowest BCUT2D eigenvalue weighted by molar-refractivity contribution is 0.552. The summed E-state index contributed by atoms with van der Waals surface area (Å²) < 4.78 is 43.3. The number of anilines is 1. The lowest BCUT2D eigenvalue weighted by Gasteiger charge is -2.22. The molecule has 35 heavy (non-hydrogen) atoms. The number of rotatable bonds is 4. The monoisotopic (exact) mass is 528 g/mol. The highest BCUT2D eigenvalue weighted by Crippen LogP contribution is 2.45. The Balaban J connectivity index is 1.75. The number of sulfone groups is 1. The van der Waals surface area contributed by atoms with E-state index in [-0.39, 0.29) is 10.7 Å². The molecule has 3 aromatic carbocycles. The van der Waals surface area contributed by atoms with Crippen LogP contribution in [0.1, 0.15) is 28.8 Å². The summed E-state index contributed by atoms with van der Waals surface area (Å²) in [5.41, 5.74) is 1.75. The minimum atomic E-state index is -4.30. The Labute approximate surface area is 211 Å². The van der Waals surface area contributed by atoms with Gasteiger partial charge >= 0.3 is 0 Å². The maximum atomic E-state index is 14.6. The maximum Gasteiger partial charge on any atom is 0.252 e. The summed E-state index contributed by atoms with van der Waals surface area (Å²) in [6.45, 7) is 1.68. The first-order chi connectivity index (χ1) is 16.7. The molecule has 0 amide bonds. The Bertz CT molecular complexity index is 1600.